The lowest BCUT2D eigenvalue weighted by Gasteiger charge is -2.24. The summed E-state index contributed by atoms with van der Waals surface area (Å²) in [6, 6.07) is -0.239. The largest absolute Gasteiger partial charge is 0.444 e. The van der Waals surface area contributed by atoms with E-state index in [-0.39, 0.29) is 6.04 Å². The number of carbonyl (C=O) groups is 1. The molecule has 14 heavy (non-hydrogen) atoms. The summed E-state index contributed by atoms with van der Waals surface area (Å²) in [5.41, 5.74) is -1.19. The highest BCUT2D eigenvalue weighted by Crippen LogP contribution is 2.38. The average molecular weight is 201 g/mol. The predicted molar refractivity (Wildman–Crippen MR) is 53.0 cm³/mol. The number of amides is 1. The van der Waals surface area contributed by atoms with Crippen molar-refractivity contribution in [3.63, 3.8) is 0 Å². The van der Waals surface area contributed by atoms with E-state index in [4.69, 9.17) is 4.74 Å². The fourth-order valence-electron chi connectivity index (χ4n) is 1.18. The van der Waals surface area contributed by atoms with Gasteiger partial charge < -0.3 is 15.2 Å². The molecule has 0 spiro atoms. The Hall–Kier alpha value is -0.770. The molecule has 1 atom stereocenters. The molecule has 0 aromatic heterocycles. The number of alkyl carbamates (subject to hydrolysis) is 1. The van der Waals surface area contributed by atoms with Gasteiger partial charge in [0, 0.05) is 0 Å². The van der Waals surface area contributed by atoms with Gasteiger partial charge in [-0.15, -0.1) is 0 Å². The lowest BCUT2D eigenvalue weighted by Crippen LogP contribution is -2.44. The number of ether oxygens (including phenoxy) is 1. The summed E-state index contributed by atoms with van der Waals surface area (Å²) in [4.78, 5) is 11.3. The Labute approximate surface area is 84.6 Å². The number of hydrogen-bond acceptors (Lipinski definition) is 3. The number of aliphatic hydroxyl groups is 1. The zero-order valence-corrected chi connectivity index (χ0v) is 9.26. The fraction of sp³-hybridized carbons (Fsp3) is 0.900. The molecule has 82 valence electrons. The normalized spacial score (nSPS) is 21.2. The van der Waals surface area contributed by atoms with Gasteiger partial charge in [0.1, 0.15) is 5.60 Å². The van der Waals surface area contributed by atoms with Gasteiger partial charge in [-0.25, -0.2) is 4.79 Å². The van der Waals surface area contributed by atoms with Crippen LogP contribution in [-0.4, -0.2) is 28.4 Å². The van der Waals surface area contributed by atoms with Crippen molar-refractivity contribution in [1.82, 2.24) is 5.32 Å². The summed E-state index contributed by atoms with van der Waals surface area (Å²) >= 11 is 0. The smallest absolute Gasteiger partial charge is 0.407 e. The summed E-state index contributed by atoms with van der Waals surface area (Å²) in [6.07, 6.45) is 1.04. The van der Waals surface area contributed by atoms with Crippen molar-refractivity contribution < 1.29 is 14.6 Å². The minimum Gasteiger partial charge on any atom is -0.444 e. The van der Waals surface area contributed by atoms with E-state index >= 15 is 0 Å². The van der Waals surface area contributed by atoms with E-state index in [0.29, 0.717) is 0 Å². The maximum atomic E-state index is 11.3. The van der Waals surface area contributed by atoms with Crippen LogP contribution in [0.25, 0.3) is 0 Å². The maximum Gasteiger partial charge on any atom is 0.407 e. The van der Waals surface area contributed by atoms with E-state index in [0.717, 1.165) is 12.8 Å². The zero-order chi connectivity index (χ0) is 11.0. The summed E-state index contributed by atoms with van der Waals surface area (Å²) in [7, 11) is 0. The molecule has 1 fully saturated rings. The van der Waals surface area contributed by atoms with Crippen molar-refractivity contribution in [3.05, 3.63) is 0 Å². The van der Waals surface area contributed by atoms with Gasteiger partial charge in [0.05, 0.1) is 11.6 Å². The monoisotopic (exact) mass is 201 g/mol. The van der Waals surface area contributed by atoms with Crippen LogP contribution in [-0.2, 0) is 4.74 Å². The molecule has 0 saturated heterocycles. The molecule has 2 N–H and O–H groups in total. The molecule has 0 radical (unpaired) electrons. The van der Waals surface area contributed by atoms with Crippen LogP contribution < -0.4 is 5.32 Å². The lowest BCUT2D eigenvalue weighted by molar-refractivity contribution is 0.0404. The zero-order valence-electron chi connectivity index (χ0n) is 9.26. The third-order valence-electron chi connectivity index (χ3n) is 2.30. The Bertz CT molecular complexity index is 228. The van der Waals surface area contributed by atoms with Crippen molar-refractivity contribution in [2.45, 2.75) is 57.8 Å². The number of rotatable bonds is 2. The van der Waals surface area contributed by atoms with Gasteiger partial charge >= 0.3 is 6.09 Å². The van der Waals surface area contributed by atoms with Crippen LogP contribution in [0.1, 0.15) is 40.5 Å². The Morgan fingerprint density at radius 1 is 1.50 bits per heavy atom. The van der Waals surface area contributed by atoms with Crippen molar-refractivity contribution in [1.29, 1.82) is 0 Å². The highest BCUT2D eigenvalue weighted by atomic mass is 16.6. The summed E-state index contributed by atoms with van der Waals surface area (Å²) in [5, 5.41) is 12.3. The Morgan fingerprint density at radius 3 is 2.36 bits per heavy atom. The second kappa shape index (κ2) is 3.42. The third kappa shape index (κ3) is 3.18. The first-order valence-corrected chi connectivity index (χ1v) is 4.95. The Morgan fingerprint density at radius 2 is 2.00 bits per heavy atom. The number of nitrogens with one attached hydrogen (secondary N) is 1. The van der Waals surface area contributed by atoms with Crippen LogP contribution in [0.3, 0.4) is 0 Å². The first-order chi connectivity index (χ1) is 6.23. The van der Waals surface area contributed by atoms with Crippen LogP contribution in [0.4, 0.5) is 4.79 Å². The van der Waals surface area contributed by atoms with E-state index in [1.54, 1.807) is 6.92 Å². The molecule has 1 saturated carbocycles. The molecule has 0 aromatic carbocycles. The van der Waals surface area contributed by atoms with Gasteiger partial charge in [0.15, 0.2) is 0 Å². The highest BCUT2D eigenvalue weighted by Gasteiger charge is 2.46. The SMILES string of the molecule is CC(NC(=O)OC(C)(C)C)C1(O)CC1. The molecule has 1 aliphatic rings. The van der Waals surface area contributed by atoms with Crippen LogP contribution in [0, 0.1) is 0 Å². The quantitative estimate of drug-likeness (QED) is 0.710. The predicted octanol–water partition coefficient (Wildman–Crippen LogP) is 1.42. The van der Waals surface area contributed by atoms with Crippen LogP contribution >= 0.6 is 0 Å². The van der Waals surface area contributed by atoms with Gasteiger partial charge in [-0.1, -0.05) is 0 Å². The van der Waals surface area contributed by atoms with Gasteiger partial charge in [-0.05, 0) is 40.5 Å². The van der Waals surface area contributed by atoms with Crippen LogP contribution in [0.15, 0.2) is 0 Å². The summed E-state index contributed by atoms with van der Waals surface area (Å²) in [5.74, 6) is 0. The van der Waals surface area contributed by atoms with E-state index < -0.39 is 17.3 Å². The molecule has 1 unspecified atom stereocenters. The van der Waals surface area contributed by atoms with E-state index in [1.165, 1.54) is 0 Å². The van der Waals surface area contributed by atoms with E-state index in [2.05, 4.69) is 5.32 Å². The molecular weight excluding hydrogens is 182 g/mol. The molecule has 4 heteroatoms. The highest BCUT2D eigenvalue weighted by molar-refractivity contribution is 5.68. The number of hydrogen-bond donors (Lipinski definition) is 2. The molecule has 1 rings (SSSR count). The van der Waals surface area contributed by atoms with Crippen molar-refractivity contribution >= 4 is 6.09 Å². The molecule has 0 bridgehead atoms. The molecule has 0 aromatic rings. The van der Waals surface area contributed by atoms with Gasteiger partial charge in [-0.3, -0.25) is 0 Å². The second-order valence-electron chi connectivity index (χ2n) is 4.97. The summed E-state index contributed by atoms with van der Waals surface area (Å²) in [6.45, 7) is 7.21. The first-order valence-electron chi connectivity index (χ1n) is 4.95. The van der Waals surface area contributed by atoms with Crippen LogP contribution in [0.2, 0.25) is 0 Å². The molecular formula is C10H19NO3. The third-order valence-corrected chi connectivity index (χ3v) is 2.30. The average Bonchev–Trinajstić information content (AvgIpc) is 2.64. The van der Waals surface area contributed by atoms with Gasteiger partial charge in [0.25, 0.3) is 0 Å². The molecule has 1 amide bonds. The maximum absolute atomic E-state index is 11.3. The van der Waals surface area contributed by atoms with Crippen LogP contribution in [0.5, 0.6) is 0 Å². The van der Waals surface area contributed by atoms with E-state index in [1.807, 2.05) is 20.8 Å². The Balaban J connectivity index is 2.34. The minimum absolute atomic E-state index is 0.239. The fourth-order valence-corrected chi connectivity index (χ4v) is 1.18. The van der Waals surface area contributed by atoms with Gasteiger partial charge in [0.2, 0.25) is 0 Å². The standard InChI is InChI=1S/C10H19NO3/c1-7(10(13)5-6-10)11-8(12)14-9(2,3)4/h7,13H,5-6H2,1-4H3,(H,11,12). The molecule has 0 aliphatic heterocycles. The second-order valence-corrected chi connectivity index (χ2v) is 4.97. The topological polar surface area (TPSA) is 58.6 Å². The summed E-state index contributed by atoms with van der Waals surface area (Å²) < 4.78 is 5.07. The van der Waals surface area contributed by atoms with Gasteiger partial charge in [-0.2, -0.15) is 0 Å². The molecule has 1 aliphatic carbocycles. The van der Waals surface area contributed by atoms with Crippen molar-refractivity contribution in [2.24, 2.45) is 0 Å². The van der Waals surface area contributed by atoms with E-state index in [9.17, 15) is 9.90 Å². The van der Waals surface area contributed by atoms with Crippen molar-refractivity contribution in [3.8, 4) is 0 Å². The minimum atomic E-state index is -0.698. The molecule has 0 heterocycles. The molecule has 4 nitrogen and oxygen atoms in total. The Kier molecular flexibility index (Phi) is 2.76. The number of carbonyl (C=O) groups excluding carboxylic acids is 1. The first kappa shape index (κ1) is 11.3. The van der Waals surface area contributed by atoms with Crippen molar-refractivity contribution in [2.75, 3.05) is 0 Å². The lowest BCUT2D eigenvalue weighted by atomic mass is 10.1.